The molecule has 2 aliphatic carbocycles. The maximum atomic E-state index is 6.58. The minimum absolute atomic E-state index is 0.283. The van der Waals surface area contributed by atoms with Crippen molar-refractivity contribution in [3.05, 3.63) is 23.8 Å². The SMILES string of the molecule is CC1C2CC(OC(C)(C)c3cc(S)cc(S)c3)C(C2)C1C. The summed E-state index contributed by atoms with van der Waals surface area (Å²) in [6.07, 6.45) is 2.99. The minimum atomic E-state index is -0.283. The van der Waals surface area contributed by atoms with Gasteiger partial charge in [0.1, 0.15) is 0 Å². The van der Waals surface area contributed by atoms with E-state index in [1.165, 1.54) is 18.4 Å². The van der Waals surface area contributed by atoms with E-state index in [0.29, 0.717) is 6.10 Å². The van der Waals surface area contributed by atoms with Gasteiger partial charge in [0.25, 0.3) is 0 Å². The van der Waals surface area contributed by atoms with Crippen LogP contribution in [0, 0.1) is 23.7 Å². The molecular formula is C18H26OS2. The van der Waals surface area contributed by atoms with Crippen molar-refractivity contribution in [3.63, 3.8) is 0 Å². The summed E-state index contributed by atoms with van der Waals surface area (Å²) in [5, 5.41) is 0. The minimum Gasteiger partial charge on any atom is -0.367 e. The van der Waals surface area contributed by atoms with Crippen LogP contribution in [0.1, 0.15) is 46.1 Å². The second kappa shape index (κ2) is 5.50. The molecule has 0 N–H and O–H groups in total. The van der Waals surface area contributed by atoms with Gasteiger partial charge in [0.05, 0.1) is 11.7 Å². The molecule has 0 saturated heterocycles. The van der Waals surface area contributed by atoms with Gasteiger partial charge in [-0.2, -0.15) is 0 Å². The smallest absolute Gasteiger partial charge is 0.0879 e. The van der Waals surface area contributed by atoms with Crippen molar-refractivity contribution < 1.29 is 4.74 Å². The fraction of sp³-hybridized carbons (Fsp3) is 0.667. The van der Waals surface area contributed by atoms with E-state index in [2.05, 4.69) is 65.1 Å². The van der Waals surface area contributed by atoms with Crippen LogP contribution in [-0.4, -0.2) is 6.10 Å². The van der Waals surface area contributed by atoms with Gasteiger partial charge < -0.3 is 4.74 Å². The Bertz CT molecular complexity index is 518. The summed E-state index contributed by atoms with van der Waals surface area (Å²) in [5.74, 6) is 3.25. The zero-order valence-corrected chi connectivity index (χ0v) is 15.1. The highest BCUT2D eigenvalue weighted by molar-refractivity contribution is 7.81. The highest BCUT2D eigenvalue weighted by Crippen LogP contribution is 2.54. The Morgan fingerprint density at radius 3 is 2.14 bits per heavy atom. The maximum absolute atomic E-state index is 6.58. The Labute approximate surface area is 139 Å². The zero-order chi connectivity index (χ0) is 15.4. The Balaban J connectivity index is 1.78. The normalized spacial score (nSPS) is 35.4. The van der Waals surface area contributed by atoms with Crippen molar-refractivity contribution in [1.82, 2.24) is 0 Å². The van der Waals surface area contributed by atoms with Gasteiger partial charge in [0.15, 0.2) is 0 Å². The lowest BCUT2D eigenvalue weighted by atomic mass is 9.80. The number of ether oxygens (including phenoxy) is 1. The van der Waals surface area contributed by atoms with Gasteiger partial charge in [0, 0.05) is 9.79 Å². The molecule has 3 rings (SSSR count). The molecule has 5 unspecified atom stereocenters. The van der Waals surface area contributed by atoms with E-state index >= 15 is 0 Å². The average molecular weight is 323 g/mol. The van der Waals surface area contributed by atoms with Crippen LogP contribution in [0.3, 0.4) is 0 Å². The van der Waals surface area contributed by atoms with Crippen LogP contribution in [0.15, 0.2) is 28.0 Å². The van der Waals surface area contributed by atoms with Crippen LogP contribution >= 0.6 is 25.3 Å². The van der Waals surface area contributed by atoms with Gasteiger partial charge in [-0.3, -0.25) is 0 Å². The summed E-state index contributed by atoms with van der Waals surface area (Å²) in [7, 11) is 0. The largest absolute Gasteiger partial charge is 0.367 e. The molecule has 1 nitrogen and oxygen atoms in total. The van der Waals surface area contributed by atoms with Gasteiger partial charge in [-0.05, 0) is 74.1 Å². The molecule has 1 aromatic carbocycles. The number of thiol groups is 2. The Kier molecular flexibility index (Phi) is 4.13. The molecule has 0 amide bonds. The summed E-state index contributed by atoms with van der Waals surface area (Å²) >= 11 is 8.94. The number of benzene rings is 1. The molecule has 0 spiro atoms. The lowest BCUT2D eigenvalue weighted by Crippen LogP contribution is -2.36. The summed E-state index contributed by atoms with van der Waals surface area (Å²) in [6.45, 7) is 9.15. The van der Waals surface area contributed by atoms with Crippen molar-refractivity contribution in [2.24, 2.45) is 23.7 Å². The summed E-state index contributed by atoms with van der Waals surface area (Å²) in [4.78, 5) is 1.90. The Morgan fingerprint density at radius 2 is 1.62 bits per heavy atom. The first kappa shape index (κ1) is 15.8. The van der Waals surface area contributed by atoms with Gasteiger partial charge in [-0.15, -0.1) is 25.3 Å². The van der Waals surface area contributed by atoms with Crippen LogP contribution in [0.4, 0.5) is 0 Å². The molecule has 2 aliphatic rings. The van der Waals surface area contributed by atoms with E-state index in [9.17, 15) is 0 Å². The number of fused-ring (bicyclic) bond motifs is 2. The van der Waals surface area contributed by atoms with E-state index in [1.807, 2.05) is 6.07 Å². The van der Waals surface area contributed by atoms with E-state index in [0.717, 1.165) is 33.5 Å². The summed E-state index contributed by atoms with van der Waals surface area (Å²) in [6, 6.07) is 6.16. The fourth-order valence-corrected chi connectivity index (χ4v) is 5.06. The average Bonchev–Trinajstić information content (AvgIpc) is 2.89. The summed E-state index contributed by atoms with van der Waals surface area (Å²) in [5.41, 5.74) is 0.886. The molecule has 0 aliphatic heterocycles. The molecule has 2 bridgehead atoms. The fourth-order valence-electron chi connectivity index (χ4n) is 4.40. The van der Waals surface area contributed by atoms with Crippen LogP contribution < -0.4 is 0 Å². The van der Waals surface area contributed by atoms with Crippen molar-refractivity contribution in [2.45, 2.75) is 62.0 Å². The number of hydrogen-bond acceptors (Lipinski definition) is 3. The third-order valence-electron chi connectivity index (χ3n) is 5.88. The third-order valence-corrected chi connectivity index (χ3v) is 6.40. The Morgan fingerprint density at radius 1 is 1.00 bits per heavy atom. The number of hydrogen-bond donors (Lipinski definition) is 2. The molecule has 21 heavy (non-hydrogen) atoms. The van der Waals surface area contributed by atoms with Crippen molar-refractivity contribution >= 4 is 25.3 Å². The maximum Gasteiger partial charge on any atom is 0.0879 e. The lowest BCUT2D eigenvalue weighted by molar-refractivity contribution is -0.110. The molecule has 0 radical (unpaired) electrons. The first-order chi connectivity index (χ1) is 9.78. The molecule has 0 heterocycles. The quantitative estimate of drug-likeness (QED) is 0.728. The number of rotatable bonds is 3. The second-order valence-corrected chi connectivity index (χ2v) is 8.55. The summed E-state index contributed by atoms with van der Waals surface area (Å²) < 4.78 is 6.58. The van der Waals surface area contributed by atoms with E-state index in [4.69, 9.17) is 4.74 Å². The first-order valence-electron chi connectivity index (χ1n) is 7.99. The second-order valence-electron chi connectivity index (χ2n) is 7.52. The van der Waals surface area contributed by atoms with Gasteiger partial charge in [-0.1, -0.05) is 13.8 Å². The van der Waals surface area contributed by atoms with Gasteiger partial charge in [-0.25, -0.2) is 0 Å². The van der Waals surface area contributed by atoms with Gasteiger partial charge in [0.2, 0.25) is 0 Å². The molecule has 2 saturated carbocycles. The van der Waals surface area contributed by atoms with Crippen LogP contribution in [-0.2, 0) is 10.3 Å². The van der Waals surface area contributed by atoms with Crippen LogP contribution in [0.5, 0.6) is 0 Å². The molecule has 2 fully saturated rings. The molecular weight excluding hydrogens is 296 g/mol. The predicted octanol–water partition coefficient (Wildman–Crippen LogP) is 5.20. The third kappa shape index (κ3) is 2.89. The molecule has 1 aromatic rings. The molecule has 3 heteroatoms. The monoisotopic (exact) mass is 322 g/mol. The van der Waals surface area contributed by atoms with Crippen molar-refractivity contribution in [3.8, 4) is 0 Å². The molecule has 0 aromatic heterocycles. The van der Waals surface area contributed by atoms with E-state index in [1.54, 1.807) is 0 Å². The first-order valence-corrected chi connectivity index (χ1v) is 8.88. The highest BCUT2D eigenvalue weighted by atomic mass is 32.1. The van der Waals surface area contributed by atoms with E-state index in [-0.39, 0.29) is 5.60 Å². The zero-order valence-electron chi connectivity index (χ0n) is 13.3. The van der Waals surface area contributed by atoms with Crippen molar-refractivity contribution in [1.29, 1.82) is 0 Å². The molecule has 116 valence electrons. The topological polar surface area (TPSA) is 9.23 Å². The molecule has 5 atom stereocenters. The van der Waals surface area contributed by atoms with Crippen LogP contribution in [0.2, 0.25) is 0 Å². The predicted molar refractivity (Wildman–Crippen MR) is 93.4 cm³/mol. The van der Waals surface area contributed by atoms with Gasteiger partial charge >= 0.3 is 0 Å². The van der Waals surface area contributed by atoms with Crippen LogP contribution in [0.25, 0.3) is 0 Å². The van der Waals surface area contributed by atoms with Crippen molar-refractivity contribution in [2.75, 3.05) is 0 Å². The van der Waals surface area contributed by atoms with E-state index < -0.39 is 0 Å². The highest BCUT2D eigenvalue weighted by Gasteiger charge is 2.50. The standard InChI is InChI=1S/C18H26OS2/c1-10-11(2)16-5-12(10)6-17(16)19-18(3,4)13-7-14(20)9-15(21)8-13/h7-12,16-17,20-21H,5-6H2,1-4H3. The Hall–Kier alpha value is -0.120. The lowest BCUT2D eigenvalue weighted by Gasteiger charge is -2.37.